The van der Waals surface area contributed by atoms with Crippen LogP contribution in [0.4, 0.5) is 5.69 Å². The largest absolute Gasteiger partial charge is 0.351 e. The van der Waals surface area contributed by atoms with E-state index in [2.05, 4.69) is 10.6 Å². The van der Waals surface area contributed by atoms with Gasteiger partial charge < -0.3 is 10.6 Å². The third-order valence-electron chi connectivity index (χ3n) is 4.79. The minimum absolute atomic E-state index is 0.164. The summed E-state index contributed by atoms with van der Waals surface area (Å²) in [7, 11) is 0. The van der Waals surface area contributed by atoms with Crippen LogP contribution in [0.5, 0.6) is 0 Å². The van der Waals surface area contributed by atoms with Crippen LogP contribution in [0.15, 0.2) is 96.2 Å². The highest BCUT2D eigenvalue weighted by Gasteiger charge is 2.37. The lowest BCUT2D eigenvalue weighted by atomic mass is 9.92. The fourth-order valence-corrected chi connectivity index (χ4v) is 3.33. The van der Waals surface area contributed by atoms with Crippen molar-refractivity contribution in [2.24, 2.45) is 0 Å². The van der Waals surface area contributed by atoms with Crippen molar-refractivity contribution in [2.75, 3.05) is 5.32 Å². The molecule has 0 saturated carbocycles. The summed E-state index contributed by atoms with van der Waals surface area (Å²) in [5.41, 5.74) is 4.04. The van der Waals surface area contributed by atoms with Crippen molar-refractivity contribution < 1.29 is 9.59 Å². The van der Waals surface area contributed by atoms with Crippen LogP contribution in [-0.2, 0) is 4.79 Å². The second-order valence-electron chi connectivity index (χ2n) is 6.79. The van der Waals surface area contributed by atoms with Crippen molar-refractivity contribution in [1.82, 2.24) is 5.32 Å². The first kappa shape index (κ1) is 17.7. The summed E-state index contributed by atoms with van der Waals surface area (Å²) in [4.78, 5) is 26.1. The molecule has 1 aliphatic heterocycles. The highest BCUT2D eigenvalue weighted by atomic mass is 16.2. The number of carbonyl (C=O) groups excluding carboxylic acids is 2. The summed E-state index contributed by atoms with van der Waals surface area (Å²) in [6, 6.07) is 25.8. The molecule has 0 fully saturated rings. The molecule has 0 aliphatic carbocycles. The number of rotatable bonds is 5. The van der Waals surface area contributed by atoms with E-state index in [0.717, 1.165) is 16.8 Å². The Balaban J connectivity index is 1.82. The molecule has 1 atom stereocenters. The number of aryl methyl sites for hydroxylation is 1. The second-order valence-corrected chi connectivity index (χ2v) is 6.79. The Morgan fingerprint density at radius 1 is 0.857 bits per heavy atom. The van der Waals surface area contributed by atoms with E-state index in [-0.39, 0.29) is 11.7 Å². The van der Waals surface area contributed by atoms with Crippen molar-refractivity contribution >= 4 is 17.4 Å². The zero-order valence-electron chi connectivity index (χ0n) is 15.5. The Labute approximate surface area is 163 Å². The number of amides is 1. The maximum absolute atomic E-state index is 13.4. The summed E-state index contributed by atoms with van der Waals surface area (Å²) in [5.74, 6) is -0.448. The summed E-state index contributed by atoms with van der Waals surface area (Å²) in [6.07, 6.45) is 0. The van der Waals surface area contributed by atoms with Crippen LogP contribution >= 0.6 is 0 Å². The molecule has 4 nitrogen and oxygen atoms in total. The van der Waals surface area contributed by atoms with Gasteiger partial charge in [-0.05, 0) is 24.6 Å². The van der Waals surface area contributed by atoms with Crippen molar-refractivity contribution in [2.45, 2.75) is 13.0 Å². The average molecular weight is 368 g/mol. The van der Waals surface area contributed by atoms with Gasteiger partial charge in [-0.2, -0.15) is 0 Å². The van der Waals surface area contributed by atoms with E-state index in [1.54, 1.807) is 12.1 Å². The fourth-order valence-electron chi connectivity index (χ4n) is 3.33. The van der Waals surface area contributed by atoms with Crippen LogP contribution in [0.25, 0.3) is 0 Å². The Kier molecular flexibility index (Phi) is 4.77. The third kappa shape index (κ3) is 3.45. The van der Waals surface area contributed by atoms with Crippen molar-refractivity contribution in [3.8, 4) is 0 Å². The van der Waals surface area contributed by atoms with Gasteiger partial charge in [-0.3, -0.25) is 9.59 Å². The molecule has 1 aliphatic rings. The monoisotopic (exact) mass is 368 g/mol. The fraction of sp³-hybridized carbons (Fsp3) is 0.0833. The minimum atomic E-state index is -0.494. The van der Waals surface area contributed by atoms with Crippen LogP contribution in [0.1, 0.15) is 27.5 Å². The van der Waals surface area contributed by atoms with Crippen molar-refractivity contribution in [3.63, 3.8) is 0 Å². The van der Waals surface area contributed by atoms with Gasteiger partial charge in [0.2, 0.25) is 0 Å². The SMILES string of the molecule is Cc1ccc([C@H]2NC(=O)C(Nc3ccccc3)=C2C(=O)c2ccccc2)cc1. The van der Waals surface area contributed by atoms with E-state index in [9.17, 15) is 9.59 Å². The number of anilines is 1. The second kappa shape index (κ2) is 7.53. The molecule has 1 heterocycles. The molecule has 2 N–H and O–H groups in total. The van der Waals surface area contributed by atoms with E-state index in [1.165, 1.54) is 0 Å². The van der Waals surface area contributed by atoms with Gasteiger partial charge in [-0.25, -0.2) is 0 Å². The molecule has 0 bridgehead atoms. The molecule has 0 saturated heterocycles. The summed E-state index contributed by atoms with van der Waals surface area (Å²) in [5, 5.41) is 6.11. The molecule has 1 amide bonds. The molecule has 4 rings (SSSR count). The first-order valence-electron chi connectivity index (χ1n) is 9.17. The summed E-state index contributed by atoms with van der Waals surface area (Å²) >= 11 is 0. The predicted molar refractivity (Wildman–Crippen MR) is 110 cm³/mol. The van der Waals surface area contributed by atoms with E-state index < -0.39 is 6.04 Å². The molecular formula is C24H20N2O2. The minimum Gasteiger partial charge on any atom is -0.351 e. The van der Waals surface area contributed by atoms with Crippen LogP contribution in [0, 0.1) is 6.92 Å². The number of benzene rings is 3. The first-order chi connectivity index (χ1) is 13.6. The smallest absolute Gasteiger partial charge is 0.268 e. The highest BCUT2D eigenvalue weighted by Crippen LogP contribution is 2.33. The van der Waals surface area contributed by atoms with Crippen molar-refractivity contribution in [1.29, 1.82) is 0 Å². The Morgan fingerprint density at radius 3 is 2.11 bits per heavy atom. The first-order valence-corrected chi connectivity index (χ1v) is 9.17. The van der Waals surface area contributed by atoms with Gasteiger partial charge in [0.25, 0.3) is 5.91 Å². The number of nitrogens with one attached hydrogen (secondary N) is 2. The van der Waals surface area contributed by atoms with Gasteiger partial charge >= 0.3 is 0 Å². The van der Waals surface area contributed by atoms with E-state index in [0.29, 0.717) is 16.8 Å². The molecule has 0 unspecified atom stereocenters. The molecule has 4 heteroatoms. The van der Waals surface area contributed by atoms with E-state index in [1.807, 2.05) is 79.7 Å². The van der Waals surface area contributed by atoms with Crippen molar-refractivity contribution in [3.05, 3.63) is 113 Å². The standard InChI is InChI=1S/C24H20N2O2/c1-16-12-14-17(15-13-16)21-20(23(27)18-8-4-2-5-9-18)22(24(28)26-21)25-19-10-6-3-7-11-19/h2-15,21,25H,1H3,(H,26,28)/t21-/m1/s1. The van der Waals surface area contributed by atoms with Gasteiger partial charge in [-0.15, -0.1) is 0 Å². The number of carbonyl (C=O) groups is 2. The summed E-state index contributed by atoms with van der Waals surface area (Å²) < 4.78 is 0. The third-order valence-corrected chi connectivity index (χ3v) is 4.79. The van der Waals surface area contributed by atoms with Gasteiger partial charge in [0.1, 0.15) is 5.70 Å². The van der Waals surface area contributed by atoms with Gasteiger partial charge in [-0.1, -0.05) is 78.4 Å². The number of hydrogen-bond acceptors (Lipinski definition) is 3. The normalized spacial score (nSPS) is 16.0. The lowest BCUT2D eigenvalue weighted by Crippen LogP contribution is -2.24. The molecule has 138 valence electrons. The Hall–Kier alpha value is -3.66. The molecule has 28 heavy (non-hydrogen) atoms. The summed E-state index contributed by atoms with van der Waals surface area (Å²) in [6.45, 7) is 2.01. The predicted octanol–water partition coefficient (Wildman–Crippen LogP) is 4.42. The van der Waals surface area contributed by atoms with E-state index in [4.69, 9.17) is 0 Å². The maximum Gasteiger partial charge on any atom is 0.268 e. The zero-order valence-corrected chi connectivity index (χ0v) is 15.5. The van der Waals surface area contributed by atoms with E-state index >= 15 is 0 Å². The average Bonchev–Trinajstić information content (AvgIpc) is 3.05. The lowest BCUT2D eigenvalue weighted by Gasteiger charge is -2.15. The molecule has 0 spiro atoms. The van der Waals surface area contributed by atoms with Gasteiger partial charge in [0, 0.05) is 11.3 Å². The number of hydrogen-bond donors (Lipinski definition) is 2. The van der Waals surface area contributed by atoms with Crippen LogP contribution < -0.4 is 10.6 Å². The lowest BCUT2D eigenvalue weighted by molar-refractivity contribution is -0.117. The maximum atomic E-state index is 13.4. The molecule has 0 aromatic heterocycles. The van der Waals surface area contributed by atoms with Crippen LogP contribution in [-0.4, -0.2) is 11.7 Å². The zero-order chi connectivity index (χ0) is 19.5. The Bertz CT molecular complexity index is 1040. The highest BCUT2D eigenvalue weighted by molar-refractivity contribution is 6.17. The molecule has 3 aromatic carbocycles. The Morgan fingerprint density at radius 2 is 1.46 bits per heavy atom. The number of ketones is 1. The number of para-hydroxylation sites is 1. The van der Waals surface area contributed by atoms with Gasteiger partial charge in [0.15, 0.2) is 5.78 Å². The number of Topliss-reactive ketones (excluding diaryl/α,β-unsaturated/α-hetero) is 1. The molecular weight excluding hydrogens is 348 g/mol. The van der Waals surface area contributed by atoms with Gasteiger partial charge in [0.05, 0.1) is 11.6 Å². The quantitative estimate of drug-likeness (QED) is 0.656. The topological polar surface area (TPSA) is 58.2 Å². The molecule has 3 aromatic rings. The van der Waals surface area contributed by atoms with Crippen LogP contribution in [0.3, 0.4) is 0 Å². The molecule has 0 radical (unpaired) electrons. The van der Waals surface area contributed by atoms with Crippen LogP contribution in [0.2, 0.25) is 0 Å².